The van der Waals surface area contributed by atoms with E-state index in [1.807, 2.05) is 4.90 Å². The van der Waals surface area contributed by atoms with Gasteiger partial charge in [-0.2, -0.15) is 0 Å². The van der Waals surface area contributed by atoms with E-state index >= 15 is 0 Å². The van der Waals surface area contributed by atoms with Crippen molar-refractivity contribution < 1.29 is 23.9 Å². The average molecular weight is 383 g/mol. The van der Waals surface area contributed by atoms with Crippen LogP contribution in [0.5, 0.6) is 0 Å². The third kappa shape index (κ3) is 4.10. The van der Waals surface area contributed by atoms with Crippen LogP contribution in [0.4, 0.5) is 0 Å². The largest absolute Gasteiger partial charge is 0.383 e. The highest BCUT2D eigenvalue weighted by Crippen LogP contribution is 2.27. The van der Waals surface area contributed by atoms with Crippen molar-refractivity contribution >= 4 is 34.5 Å². The minimum atomic E-state index is -0.742. The summed E-state index contributed by atoms with van der Waals surface area (Å²) in [6.45, 7) is 1.94. The van der Waals surface area contributed by atoms with Crippen LogP contribution in [0.15, 0.2) is 0 Å². The van der Waals surface area contributed by atoms with Crippen LogP contribution in [-0.4, -0.2) is 83.8 Å². The number of carbonyl (C=O) groups excluding carboxylic acids is 4. The lowest BCUT2D eigenvalue weighted by molar-refractivity contribution is -0.134. The van der Waals surface area contributed by atoms with Crippen molar-refractivity contribution in [1.29, 1.82) is 0 Å². The second-order valence-electron chi connectivity index (χ2n) is 6.97. The molecule has 3 aliphatic heterocycles. The molecular formula is C17H25N3O5S. The van der Waals surface area contributed by atoms with Crippen LogP contribution in [0.2, 0.25) is 0 Å². The quantitative estimate of drug-likeness (QED) is 0.625. The minimum Gasteiger partial charge on any atom is -0.383 e. The first-order chi connectivity index (χ1) is 12.5. The Kier molecular flexibility index (Phi) is 6.31. The third-order valence-electron chi connectivity index (χ3n) is 5.22. The molecule has 0 aromatic rings. The Labute approximate surface area is 157 Å². The second kappa shape index (κ2) is 8.49. The van der Waals surface area contributed by atoms with Gasteiger partial charge in [-0.05, 0) is 19.3 Å². The maximum absolute atomic E-state index is 12.7. The normalized spacial score (nSPS) is 30.3. The molecule has 3 aliphatic rings. The monoisotopic (exact) mass is 383 g/mol. The summed E-state index contributed by atoms with van der Waals surface area (Å²) >= 11 is 1.06. The van der Waals surface area contributed by atoms with E-state index in [2.05, 4.69) is 5.32 Å². The van der Waals surface area contributed by atoms with E-state index in [1.54, 1.807) is 12.0 Å². The summed E-state index contributed by atoms with van der Waals surface area (Å²) in [5.74, 6) is -0.483. The van der Waals surface area contributed by atoms with Gasteiger partial charge in [0.25, 0.3) is 0 Å². The fourth-order valence-electron chi connectivity index (χ4n) is 3.82. The maximum atomic E-state index is 12.7. The number of piperidine rings is 1. The van der Waals surface area contributed by atoms with E-state index in [0.717, 1.165) is 24.6 Å². The molecule has 0 aliphatic carbocycles. The molecule has 144 valence electrons. The van der Waals surface area contributed by atoms with Gasteiger partial charge >= 0.3 is 0 Å². The fraction of sp³-hybridized carbons (Fsp3) is 0.765. The van der Waals surface area contributed by atoms with Crippen LogP contribution in [0.25, 0.3) is 0 Å². The Bertz CT molecular complexity index is 583. The standard InChI is InChI=1S/C17H25N3O5S/c1-25-7-6-19-9-11(8-14(19)22)16(23)18-13-4-2-3-5-20(13)15-12(21)10-26-17(15)24/h11,13,15H,2-10H2,1H3,(H,18,23). The van der Waals surface area contributed by atoms with Gasteiger partial charge in [-0.15, -0.1) is 0 Å². The van der Waals surface area contributed by atoms with Crippen molar-refractivity contribution in [2.24, 2.45) is 5.92 Å². The molecule has 3 fully saturated rings. The molecule has 0 aromatic carbocycles. The highest BCUT2D eigenvalue weighted by Gasteiger charge is 2.43. The molecule has 3 atom stereocenters. The molecule has 26 heavy (non-hydrogen) atoms. The zero-order valence-corrected chi connectivity index (χ0v) is 15.8. The van der Waals surface area contributed by atoms with E-state index in [1.165, 1.54) is 0 Å². The number of amides is 2. The Morgan fingerprint density at radius 1 is 1.31 bits per heavy atom. The predicted octanol–water partition coefficient (Wildman–Crippen LogP) is -0.379. The molecular weight excluding hydrogens is 358 g/mol. The molecule has 9 heteroatoms. The van der Waals surface area contributed by atoms with Crippen LogP contribution < -0.4 is 5.32 Å². The summed E-state index contributed by atoms with van der Waals surface area (Å²) in [5, 5.41) is 2.86. The Balaban J connectivity index is 1.61. The summed E-state index contributed by atoms with van der Waals surface area (Å²) in [6, 6.07) is -0.742. The van der Waals surface area contributed by atoms with Crippen molar-refractivity contribution in [2.75, 3.05) is 39.1 Å². The predicted molar refractivity (Wildman–Crippen MR) is 95.3 cm³/mol. The number of nitrogens with one attached hydrogen (secondary N) is 1. The molecule has 0 saturated carbocycles. The van der Waals surface area contributed by atoms with Crippen LogP contribution in [-0.2, 0) is 23.9 Å². The number of ketones is 1. The number of carbonyl (C=O) groups is 4. The molecule has 0 bridgehead atoms. The van der Waals surface area contributed by atoms with Crippen LogP contribution >= 0.6 is 11.8 Å². The first-order valence-corrected chi connectivity index (χ1v) is 10.0. The highest BCUT2D eigenvalue weighted by atomic mass is 32.2. The molecule has 0 radical (unpaired) electrons. The van der Waals surface area contributed by atoms with Gasteiger partial charge in [0.1, 0.15) is 6.04 Å². The van der Waals surface area contributed by atoms with Crippen LogP contribution in [0.3, 0.4) is 0 Å². The molecule has 3 rings (SSSR count). The lowest BCUT2D eigenvalue weighted by Gasteiger charge is -2.38. The van der Waals surface area contributed by atoms with E-state index in [4.69, 9.17) is 4.74 Å². The lowest BCUT2D eigenvalue weighted by atomic mass is 10.0. The summed E-state index contributed by atoms with van der Waals surface area (Å²) in [6.07, 6.45) is 2.42. The number of likely N-dealkylation sites (tertiary alicyclic amines) is 2. The first kappa shape index (κ1) is 19.3. The number of hydrogen-bond acceptors (Lipinski definition) is 7. The van der Waals surface area contributed by atoms with E-state index in [9.17, 15) is 19.2 Å². The fourth-order valence-corrected chi connectivity index (χ4v) is 4.68. The van der Waals surface area contributed by atoms with E-state index < -0.39 is 12.0 Å². The van der Waals surface area contributed by atoms with Gasteiger partial charge in [-0.1, -0.05) is 11.8 Å². The number of hydrogen-bond donors (Lipinski definition) is 1. The number of nitrogens with zero attached hydrogens (tertiary/aromatic N) is 2. The van der Waals surface area contributed by atoms with Gasteiger partial charge < -0.3 is 15.0 Å². The molecule has 3 saturated heterocycles. The number of rotatable bonds is 6. The van der Waals surface area contributed by atoms with Crippen LogP contribution in [0.1, 0.15) is 25.7 Å². The van der Waals surface area contributed by atoms with Gasteiger partial charge in [-0.3, -0.25) is 24.1 Å². The Morgan fingerprint density at radius 3 is 2.81 bits per heavy atom. The summed E-state index contributed by atoms with van der Waals surface area (Å²) < 4.78 is 4.99. The van der Waals surface area contributed by atoms with Gasteiger partial charge in [0.05, 0.1) is 24.4 Å². The zero-order chi connectivity index (χ0) is 18.7. The van der Waals surface area contributed by atoms with Crippen LogP contribution in [0, 0.1) is 5.92 Å². The second-order valence-corrected chi connectivity index (χ2v) is 7.95. The average Bonchev–Trinajstić information content (AvgIpc) is 3.16. The highest BCUT2D eigenvalue weighted by molar-refractivity contribution is 8.15. The summed E-state index contributed by atoms with van der Waals surface area (Å²) in [5.41, 5.74) is 0. The van der Waals surface area contributed by atoms with E-state index in [0.29, 0.717) is 32.7 Å². The Hall–Kier alpha value is -1.45. The molecule has 0 spiro atoms. The molecule has 3 unspecified atom stereocenters. The van der Waals surface area contributed by atoms with Gasteiger partial charge in [0.2, 0.25) is 16.9 Å². The minimum absolute atomic E-state index is 0.0414. The number of thioether (sulfide) groups is 1. The molecule has 3 heterocycles. The summed E-state index contributed by atoms with van der Waals surface area (Å²) in [7, 11) is 1.58. The smallest absolute Gasteiger partial charge is 0.226 e. The summed E-state index contributed by atoms with van der Waals surface area (Å²) in [4.78, 5) is 52.4. The van der Waals surface area contributed by atoms with Crippen molar-refractivity contribution in [3.8, 4) is 0 Å². The molecule has 8 nitrogen and oxygen atoms in total. The van der Waals surface area contributed by atoms with Crippen molar-refractivity contribution in [2.45, 2.75) is 37.9 Å². The van der Waals surface area contributed by atoms with Gasteiger partial charge in [-0.25, -0.2) is 0 Å². The lowest BCUT2D eigenvalue weighted by Crippen LogP contribution is -2.58. The van der Waals surface area contributed by atoms with Crippen molar-refractivity contribution in [3.05, 3.63) is 0 Å². The van der Waals surface area contributed by atoms with Gasteiger partial charge in [0, 0.05) is 33.2 Å². The van der Waals surface area contributed by atoms with E-state index in [-0.39, 0.29) is 41.1 Å². The topological polar surface area (TPSA) is 96.0 Å². The molecule has 1 N–H and O–H groups in total. The zero-order valence-electron chi connectivity index (χ0n) is 14.9. The van der Waals surface area contributed by atoms with Crippen molar-refractivity contribution in [1.82, 2.24) is 15.1 Å². The van der Waals surface area contributed by atoms with Gasteiger partial charge in [0.15, 0.2) is 5.78 Å². The number of methoxy groups -OCH3 is 1. The Morgan fingerprint density at radius 2 is 2.12 bits per heavy atom. The number of Topliss-reactive ketones (excluding diaryl/α,β-unsaturated/α-hetero) is 1. The third-order valence-corrected chi connectivity index (χ3v) is 6.16. The maximum Gasteiger partial charge on any atom is 0.226 e. The van der Waals surface area contributed by atoms with Crippen molar-refractivity contribution in [3.63, 3.8) is 0 Å². The molecule has 0 aromatic heterocycles. The molecule has 2 amide bonds. The number of ether oxygens (including phenoxy) is 1. The first-order valence-electron chi connectivity index (χ1n) is 9.03. The SMILES string of the molecule is COCCN1CC(C(=O)NC2CCCCN2C2C(=O)CSC2=O)CC1=O.